The third kappa shape index (κ3) is 2.08. The van der Waals surface area contributed by atoms with Gasteiger partial charge in [0, 0.05) is 23.1 Å². The average molecular weight is 256 g/mol. The molecule has 0 radical (unpaired) electrons. The Morgan fingerprint density at radius 2 is 2.06 bits per heavy atom. The molecule has 100 valence electrons. The molecule has 0 spiro atoms. The number of hydrogen-bond acceptors (Lipinski definition) is 3. The average Bonchev–Trinajstić information content (AvgIpc) is 3.15. The van der Waals surface area contributed by atoms with Crippen LogP contribution in [0.15, 0.2) is 12.1 Å². The highest BCUT2D eigenvalue weighted by Gasteiger charge is 2.49. The third-order valence-electron chi connectivity index (χ3n) is 3.78. The number of nitrogens with one attached hydrogen (secondary N) is 1. The Kier molecular flexibility index (Phi) is 3.54. The lowest BCUT2D eigenvalue weighted by atomic mass is 9.89. The Bertz CT molecular complexity index is 447. The molecule has 1 fully saturated rings. The van der Waals surface area contributed by atoms with Gasteiger partial charge in [-0.05, 0) is 32.5 Å². The van der Waals surface area contributed by atoms with Gasteiger partial charge >= 0.3 is 0 Å². The second kappa shape index (κ2) is 4.82. The van der Waals surface area contributed by atoms with E-state index in [2.05, 4.69) is 5.32 Å². The molecule has 1 unspecified atom stereocenters. The van der Waals surface area contributed by atoms with E-state index in [4.69, 9.17) is 10.5 Å². The molecule has 0 amide bonds. The number of hydrogen-bond donors (Lipinski definition) is 2. The molecule has 1 aliphatic rings. The number of nitrogens with two attached hydrogens (primary N) is 1. The van der Waals surface area contributed by atoms with Gasteiger partial charge in [-0.15, -0.1) is 0 Å². The molecule has 1 aliphatic carbocycles. The summed E-state index contributed by atoms with van der Waals surface area (Å²) in [6, 6.07) is 2.02. The first kappa shape index (κ1) is 13.2. The lowest BCUT2D eigenvalue weighted by Gasteiger charge is -2.26. The highest BCUT2D eigenvalue weighted by Crippen LogP contribution is 2.54. The Hall–Kier alpha value is -1.20. The van der Waals surface area contributed by atoms with E-state index < -0.39 is 11.6 Å². The standard InChI is InChI=1S/C13H18F2N2O/c1-17-12(13(7-16)3-4-13)8-5-10(15)11(18-2)6-9(8)14/h5-6,12,17H,3-4,7,16H2,1-2H3. The molecule has 1 aromatic rings. The first-order valence-electron chi connectivity index (χ1n) is 5.98. The van der Waals surface area contributed by atoms with Crippen molar-refractivity contribution in [3.8, 4) is 5.75 Å². The molecular weight excluding hydrogens is 238 g/mol. The molecule has 1 atom stereocenters. The molecule has 1 saturated carbocycles. The first-order chi connectivity index (χ1) is 8.57. The van der Waals surface area contributed by atoms with Gasteiger partial charge in [0.2, 0.25) is 0 Å². The topological polar surface area (TPSA) is 47.3 Å². The Morgan fingerprint density at radius 3 is 2.50 bits per heavy atom. The van der Waals surface area contributed by atoms with Gasteiger partial charge < -0.3 is 15.8 Å². The molecule has 0 heterocycles. The van der Waals surface area contributed by atoms with Crippen LogP contribution in [-0.4, -0.2) is 20.7 Å². The van der Waals surface area contributed by atoms with Crippen molar-refractivity contribution in [2.75, 3.05) is 20.7 Å². The zero-order valence-electron chi connectivity index (χ0n) is 10.6. The van der Waals surface area contributed by atoms with Crippen molar-refractivity contribution < 1.29 is 13.5 Å². The first-order valence-corrected chi connectivity index (χ1v) is 5.98. The van der Waals surface area contributed by atoms with Crippen LogP contribution in [0, 0.1) is 17.0 Å². The Morgan fingerprint density at radius 1 is 1.39 bits per heavy atom. The fraction of sp³-hybridized carbons (Fsp3) is 0.538. The van der Waals surface area contributed by atoms with E-state index in [1.165, 1.54) is 13.2 Å². The summed E-state index contributed by atoms with van der Waals surface area (Å²) in [7, 11) is 3.05. The Labute approximate surface area is 105 Å². The predicted octanol–water partition coefficient (Wildman–Crippen LogP) is 1.97. The van der Waals surface area contributed by atoms with Crippen LogP contribution in [0.4, 0.5) is 8.78 Å². The number of benzene rings is 1. The summed E-state index contributed by atoms with van der Waals surface area (Å²) in [6.45, 7) is 0.464. The smallest absolute Gasteiger partial charge is 0.165 e. The fourth-order valence-electron chi connectivity index (χ4n) is 2.48. The lowest BCUT2D eigenvalue weighted by molar-refractivity contribution is 0.347. The summed E-state index contributed by atoms with van der Waals surface area (Å²) in [4.78, 5) is 0. The van der Waals surface area contributed by atoms with E-state index in [0.717, 1.165) is 18.9 Å². The summed E-state index contributed by atoms with van der Waals surface area (Å²) in [5.41, 5.74) is 5.92. The van der Waals surface area contributed by atoms with Gasteiger partial charge in [-0.3, -0.25) is 0 Å². The molecular formula is C13H18F2N2O. The minimum atomic E-state index is -0.554. The summed E-state index contributed by atoms with van der Waals surface area (Å²) in [6.07, 6.45) is 1.87. The molecule has 3 nitrogen and oxygen atoms in total. The van der Waals surface area contributed by atoms with E-state index in [1.54, 1.807) is 7.05 Å². The molecule has 2 rings (SSSR count). The SMILES string of the molecule is CNC(c1cc(F)c(OC)cc1F)C1(CN)CC1. The molecule has 1 aromatic carbocycles. The van der Waals surface area contributed by atoms with Crippen molar-refractivity contribution in [1.29, 1.82) is 0 Å². The predicted molar refractivity (Wildman–Crippen MR) is 65.4 cm³/mol. The Balaban J connectivity index is 2.40. The van der Waals surface area contributed by atoms with E-state index in [1.807, 2.05) is 0 Å². The van der Waals surface area contributed by atoms with Crippen molar-refractivity contribution in [1.82, 2.24) is 5.32 Å². The maximum atomic E-state index is 14.0. The van der Waals surface area contributed by atoms with Crippen LogP contribution in [-0.2, 0) is 0 Å². The van der Waals surface area contributed by atoms with E-state index in [-0.39, 0.29) is 17.2 Å². The van der Waals surface area contributed by atoms with E-state index in [0.29, 0.717) is 12.1 Å². The van der Waals surface area contributed by atoms with Crippen LogP contribution in [0.1, 0.15) is 24.4 Å². The lowest BCUT2D eigenvalue weighted by Crippen LogP contribution is -2.32. The fourth-order valence-corrected chi connectivity index (χ4v) is 2.48. The summed E-state index contributed by atoms with van der Waals surface area (Å²) < 4.78 is 32.5. The maximum Gasteiger partial charge on any atom is 0.165 e. The molecule has 0 aliphatic heterocycles. The molecule has 3 N–H and O–H groups in total. The van der Waals surface area contributed by atoms with Crippen molar-refractivity contribution in [2.24, 2.45) is 11.1 Å². The van der Waals surface area contributed by atoms with Gasteiger partial charge in [0.05, 0.1) is 7.11 Å². The van der Waals surface area contributed by atoms with Gasteiger partial charge in [0.15, 0.2) is 11.6 Å². The van der Waals surface area contributed by atoms with Crippen molar-refractivity contribution in [3.05, 3.63) is 29.3 Å². The largest absolute Gasteiger partial charge is 0.494 e. The highest BCUT2D eigenvalue weighted by atomic mass is 19.1. The van der Waals surface area contributed by atoms with Crippen molar-refractivity contribution >= 4 is 0 Å². The van der Waals surface area contributed by atoms with Crippen molar-refractivity contribution in [3.63, 3.8) is 0 Å². The van der Waals surface area contributed by atoms with Crippen molar-refractivity contribution in [2.45, 2.75) is 18.9 Å². The highest BCUT2D eigenvalue weighted by molar-refractivity contribution is 5.34. The molecule has 0 aromatic heterocycles. The van der Waals surface area contributed by atoms with Crippen LogP contribution in [0.5, 0.6) is 5.75 Å². The summed E-state index contributed by atoms with van der Waals surface area (Å²) in [5.74, 6) is -1.10. The second-order valence-corrected chi connectivity index (χ2v) is 4.80. The molecule has 0 saturated heterocycles. The van der Waals surface area contributed by atoms with Crippen LogP contribution in [0.3, 0.4) is 0 Å². The number of ether oxygens (including phenoxy) is 1. The summed E-state index contributed by atoms with van der Waals surface area (Å²) >= 11 is 0. The zero-order chi connectivity index (χ0) is 13.3. The quantitative estimate of drug-likeness (QED) is 0.846. The maximum absolute atomic E-state index is 14.0. The second-order valence-electron chi connectivity index (χ2n) is 4.80. The van der Waals surface area contributed by atoms with Gasteiger partial charge in [0.1, 0.15) is 5.82 Å². The molecule has 18 heavy (non-hydrogen) atoms. The van der Waals surface area contributed by atoms with Crippen LogP contribution >= 0.6 is 0 Å². The normalized spacial score (nSPS) is 18.5. The monoisotopic (exact) mass is 256 g/mol. The van der Waals surface area contributed by atoms with Gasteiger partial charge in [-0.1, -0.05) is 0 Å². The number of rotatable bonds is 5. The molecule has 5 heteroatoms. The number of methoxy groups -OCH3 is 1. The molecule has 0 bridgehead atoms. The van der Waals surface area contributed by atoms with Gasteiger partial charge in [-0.25, -0.2) is 8.78 Å². The van der Waals surface area contributed by atoms with Gasteiger partial charge in [0.25, 0.3) is 0 Å². The van der Waals surface area contributed by atoms with Crippen LogP contribution in [0.25, 0.3) is 0 Å². The van der Waals surface area contributed by atoms with E-state index >= 15 is 0 Å². The minimum Gasteiger partial charge on any atom is -0.494 e. The van der Waals surface area contributed by atoms with Crippen LogP contribution in [0.2, 0.25) is 0 Å². The minimum absolute atomic E-state index is 0.0799. The zero-order valence-corrected chi connectivity index (χ0v) is 10.6. The number of halogens is 2. The van der Waals surface area contributed by atoms with Crippen LogP contribution < -0.4 is 15.8 Å². The van der Waals surface area contributed by atoms with Gasteiger partial charge in [-0.2, -0.15) is 0 Å². The third-order valence-corrected chi connectivity index (χ3v) is 3.78. The van der Waals surface area contributed by atoms with E-state index in [9.17, 15) is 8.78 Å². The summed E-state index contributed by atoms with van der Waals surface area (Å²) in [5, 5.41) is 3.05.